The Bertz CT molecular complexity index is 639. The number of rotatable bonds is 7. The molecule has 4 nitrogen and oxygen atoms in total. The highest BCUT2D eigenvalue weighted by molar-refractivity contribution is 6.08. The van der Waals surface area contributed by atoms with Gasteiger partial charge in [0.1, 0.15) is 5.82 Å². The average molecular weight is 319 g/mol. The van der Waals surface area contributed by atoms with Crippen molar-refractivity contribution in [3.8, 4) is 0 Å². The molecule has 0 aromatic heterocycles. The number of hydrogen-bond acceptors (Lipinski definition) is 3. The van der Waals surface area contributed by atoms with Gasteiger partial charge in [-0.05, 0) is 19.4 Å². The number of amides is 1. The van der Waals surface area contributed by atoms with Crippen molar-refractivity contribution < 1.29 is 19.1 Å². The number of ketones is 1. The minimum atomic E-state index is -0.845. The summed E-state index contributed by atoms with van der Waals surface area (Å²) in [4.78, 5) is 25.6. The number of carbonyl (C=O) groups is 2. The van der Waals surface area contributed by atoms with Crippen LogP contribution >= 0.6 is 0 Å². The Morgan fingerprint density at radius 2 is 1.96 bits per heavy atom. The lowest BCUT2D eigenvalue weighted by Gasteiger charge is -2.26. The zero-order valence-corrected chi connectivity index (χ0v) is 13.5. The third kappa shape index (κ3) is 3.44. The van der Waals surface area contributed by atoms with E-state index in [0.717, 1.165) is 25.7 Å². The van der Waals surface area contributed by atoms with Crippen LogP contribution in [0, 0.1) is 5.82 Å². The Morgan fingerprint density at radius 3 is 2.57 bits per heavy atom. The minimum Gasteiger partial charge on any atom is -0.503 e. The van der Waals surface area contributed by atoms with Crippen LogP contribution in [0.5, 0.6) is 0 Å². The Balaban J connectivity index is 2.35. The van der Waals surface area contributed by atoms with Gasteiger partial charge in [0.15, 0.2) is 11.5 Å². The van der Waals surface area contributed by atoms with E-state index in [1.165, 1.54) is 17.9 Å². The minimum absolute atomic E-state index is 0.0180. The van der Waals surface area contributed by atoms with Gasteiger partial charge in [-0.3, -0.25) is 9.59 Å². The van der Waals surface area contributed by atoms with Crippen molar-refractivity contribution in [3.05, 3.63) is 47.0 Å². The van der Waals surface area contributed by atoms with Gasteiger partial charge in [-0.2, -0.15) is 0 Å². The molecule has 23 heavy (non-hydrogen) atoms. The first-order valence-electron chi connectivity index (χ1n) is 7.98. The molecule has 0 spiro atoms. The number of Topliss-reactive ketones (excluding diaryl/α,β-unsaturated/α-hetero) is 1. The van der Waals surface area contributed by atoms with Crippen molar-refractivity contribution >= 4 is 11.7 Å². The fourth-order valence-electron chi connectivity index (χ4n) is 2.97. The number of hydrogen-bond donors (Lipinski definition) is 1. The van der Waals surface area contributed by atoms with Crippen LogP contribution in [0.4, 0.5) is 4.39 Å². The molecule has 1 aliphatic heterocycles. The fraction of sp³-hybridized carbons (Fsp3) is 0.444. The second kappa shape index (κ2) is 7.40. The van der Waals surface area contributed by atoms with E-state index in [2.05, 4.69) is 6.92 Å². The van der Waals surface area contributed by atoms with Crippen LogP contribution in [0.2, 0.25) is 0 Å². The first-order valence-corrected chi connectivity index (χ1v) is 7.98. The molecular formula is C18H22FNO3. The van der Waals surface area contributed by atoms with Gasteiger partial charge in [0.25, 0.3) is 5.91 Å². The van der Waals surface area contributed by atoms with Crippen LogP contribution in [0.25, 0.3) is 0 Å². The van der Waals surface area contributed by atoms with Crippen molar-refractivity contribution in [1.29, 1.82) is 0 Å². The van der Waals surface area contributed by atoms with Gasteiger partial charge < -0.3 is 10.0 Å². The van der Waals surface area contributed by atoms with Gasteiger partial charge in [-0.15, -0.1) is 0 Å². The van der Waals surface area contributed by atoms with E-state index < -0.39 is 29.3 Å². The largest absolute Gasteiger partial charge is 0.503 e. The molecule has 0 bridgehead atoms. The smallest absolute Gasteiger partial charge is 0.290 e. The monoisotopic (exact) mass is 319 g/mol. The Hall–Kier alpha value is -2.17. The van der Waals surface area contributed by atoms with Gasteiger partial charge in [-0.1, -0.05) is 44.4 Å². The SMILES string of the molecule is CCCCCCN1C(=O)C(O)=C(C(C)=O)C1c1ccccc1F. The highest BCUT2D eigenvalue weighted by Gasteiger charge is 2.42. The molecule has 1 aromatic carbocycles. The molecule has 0 radical (unpaired) electrons. The summed E-state index contributed by atoms with van der Waals surface area (Å²) in [5, 5.41) is 10.1. The van der Waals surface area contributed by atoms with E-state index in [9.17, 15) is 19.1 Å². The van der Waals surface area contributed by atoms with Crippen LogP contribution < -0.4 is 0 Å². The molecule has 1 aromatic rings. The zero-order chi connectivity index (χ0) is 17.0. The second-order valence-corrected chi connectivity index (χ2v) is 5.80. The Labute approximate surface area is 135 Å². The van der Waals surface area contributed by atoms with E-state index in [4.69, 9.17) is 0 Å². The van der Waals surface area contributed by atoms with E-state index in [1.807, 2.05) is 0 Å². The maximum atomic E-state index is 14.2. The van der Waals surface area contributed by atoms with Gasteiger partial charge in [0, 0.05) is 12.1 Å². The van der Waals surface area contributed by atoms with Crippen molar-refractivity contribution in [2.75, 3.05) is 6.54 Å². The molecule has 1 amide bonds. The molecule has 2 rings (SSSR count). The summed E-state index contributed by atoms with van der Waals surface area (Å²) in [5.74, 6) is -2.06. The molecule has 1 N–H and O–H groups in total. The molecular weight excluding hydrogens is 297 g/mol. The summed E-state index contributed by atoms with van der Waals surface area (Å²) >= 11 is 0. The summed E-state index contributed by atoms with van der Waals surface area (Å²) in [7, 11) is 0. The van der Waals surface area contributed by atoms with Crippen molar-refractivity contribution in [2.24, 2.45) is 0 Å². The number of aliphatic hydroxyl groups is 1. The first kappa shape index (κ1) is 17.2. The molecule has 0 saturated carbocycles. The lowest BCUT2D eigenvalue weighted by atomic mass is 9.96. The number of carbonyl (C=O) groups excluding carboxylic acids is 2. The summed E-state index contributed by atoms with van der Waals surface area (Å²) in [6.07, 6.45) is 3.81. The predicted octanol–water partition coefficient (Wildman–Crippen LogP) is 3.69. The Kier molecular flexibility index (Phi) is 5.53. The fourth-order valence-corrected chi connectivity index (χ4v) is 2.97. The second-order valence-electron chi connectivity index (χ2n) is 5.80. The lowest BCUT2D eigenvalue weighted by molar-refractivity contribution is -0.129. The van der Waals surface area contributed by atoms with E-state index in [0.29, 0.717) is 6.54 Å². The molecule has 124 valence electrons. The van der Waals surface area contributed by atoms with E-state index >= 15 is 0 Å². The molecule has 5 heteroatoms. The maximum absolute atomic E-state index is 14.2. The summed E-state index contributed by atoms with van der Waals surface area (Å²) < 4.78 is 14.2. The lowest BCUT2D eigenvalue weighted by Crippen LogP contribution is -2.32. The van der Waals surface area contributed by atoms with Crippen molar-refractivity contribution in [1.82, 2.24) is 4.90 Å². The van der Waals surface area contributed by atoms with E-state index in [1.54, 1.807) is 18.2 Å². The summed E-state index contributed by atoms with van der Waals surface area (Å²) in [5.41, 5.74) is 0.223. The average Bonchev–Trinajstić information content (AvgIpc) is 2.76. The third-order valence-electron chi connectivity index (χ3n) is 4.14. The normalized spacial score (nSPS) is 18.0. The van der Waals surface area contributed by atoms with Crippen LogP contribution in [0.15, 0.2) is 35.6 Å². The van der Waals surface area contributed by atoms with Crippen LogP contribution in [0.1, 0.15) is 51.1 Å². The molecule has 1 unspecified atom stereocenters. The van der Waals surface area contributed by atoms with Gasteiger partial charge in [0.05, 0.1) is 11.6 Å². The van der Waals surface area contributed by atoms with Gasteiger partial charge in [0.2, 0.25) is 0 Å². The van der Waals surface area contributed by atoms with Gasteiger partial charge in [-0.25, -0.2) is 4.39 Å². The molecule has 0 fully saturated rings. The number of benzene rings is 1. The number of halogens is 1. The number of unbranched alkanes of at least 4 members (excludes halogenated alkanes) is 3. The quantitative estimate of drug-likeness (QED) is 0.780. The van der Waals surface area contributed by atoms with Crippen molar-refractivity contribution in [2.45, 2.75) is 45.6 Å². The zero-order valence-electron chi connectivity index (χ0n) is 13.5. The number of nitrogens with zero attached hydrogens (tertiary/aromatic N) is 1. The highest BCUT2D eigenvalue weighted by atomic mass is 19.1. The van der Waals surface area contributed by atoms with Crippen LogP contribution in [-0.2, 0) is 9.59 Å². The van der Waals surface area contributed by atoms with Crippen LogP contribution in [0.3, 0.4) is 0 Å². The molecule has 1 heterocycles. The molecule has 0 saturated heterocycles. The van der Waals surface area contributed by atoms with Gasteiger partial charge >= 0.3 is 0 Å². The number of aliphatic hydroxyl groups excluding tert-OH is 1. The van der Waals surface area contributed by atoms with Crippen LogP contribution in [-0.4, -0.2) is 28.2 Å². The summed E-state index contributed by atoms with van der Waals surface area (Å²) in [6.45, 7) is 3.76. The predicted molar refractivity (Wildman–Crippen MR) is 85.3 cm³/mol. The molecule has 1 aliphatic rings. The molecule has 0 aliphatic carbocycles. The molecule has 1 atom stereocenters. The standard InChI is InChI=1S/C18H22FNO3/c1-3-4-5-8-11-20-16(13-9-6-7-10-14(13)19)15(12(2)21)17(22)18(20)23/h6-7,9-10,16,22H,3-5,8,11H2,1-2H3. The first-order chi connectivity index (χ1) is 11.0. The Morgan fingerprint density at radius 1 is 1.26 bits per heavy atom. The summed E-state index contributed by atoms with van der Waals surface area (Å²) in [6, 6.07) is 5.21. The van der Waals surface area contributed by atoms with E-state index in [-0.39, 0.29) is 11.1 Å². The highest BCUT2D eigenvalue weighted by Crippen LogP contribution is 2.38. The topological polar surface area (TPSA) is 57.6 Å². The third-order valence-corrected chi connectivity index (χ3v) is 4.14. The van der Waals surface area contributed by atoms with Crippen molar-refractivity contribution in [3.63, 3.8) is 0 Å². The maximum Gasteiger partial charge on any atom is 0.290 e.